The molecule has 96 valence electrons. The summed E-state index contributed by atoms with van der Waals surface area (Å²) in [5, 5.41) is 6.98. The fraction of sp³-hybridized carbons (Fsp3) is 0.200. The molecule has 19 heavy (non-hydrogen) atoms. The number of methoxy groups -OCH3 is 1. The van der Waals surface area contributed by atoms with Gasteiger partial charge in [0.25, 0.3) is 0 Å². The molecule has 0 bridgehead atoms. The third-order valence-corrected chi connectivity index (χ3v) is 3.47. The Kier molecular flexibility index (Phi) is 3.32. The second-order valence-electron chi connectivity index (χ2n) is 4.77. The van der Waals surface area contributed by atoms with Gasteiger partial charge in [0.1, 0.15) is 5.75 Å². The highest BCUT2D eigenvalue weighted by Crippen LogP contribution is 2.28. The van der Waals surface area contributed by atoms with E-state index in [1.165, 1.54) is 16.9 Å². The summed E-state index contributed by atoms with van der Waals surface area (Å²) < 4.78 is 5.16. The summed E-state index contributed by atoms with van der Waals surface area (Å²) in [7, 11) is 1.69. The van der Waals surface area contributed by atoms with Gasteiger partial charge in [0.15, 0.2) is 0 Å². The molecule has 4 heteroatoms. The van der Waals surface area contributed by atoms with Crippen LogP contribution in [0.4, 0.5) is 11.4 Å². The zero-order chi connectivity index (χ0) is 13.1. The fourth-order valence-corrected chi connectivity index (χ4v) is 2.39. The summed E-state index contributed by atoms with van der Waals surface area (Å²) in [5.41, 5.74) is 3.73. The van der Waals surface area contributed by atoms with Crippen LogP contribution in [-0.4, -0.2) is 14.1 Å². The standard InChI is InChI=1S/C15H17BN2O/c1-19-13-8-6-12(7-9-13)10-11-16-17-14-4-2-3-5-15(14)18-16/h2-9,17-18H,10-11H2,1H3. The highest BCUT2D eigenvalue weighted by Gasteiger charge is 2.23. The van der Waals surface area contributed by atoms with Gasteiger partial charge in [-0.05, 0) is 42.6 Å². The maximum Gasteiger partial charge on any atom is 0.370 e. The van der Waals surface area contributed by atoms with Crippen molar-refractivity contribution in [3.8, 4) is 5.75 Å². The van der Waals surface area contributed by atoms with E-state index in [-0.39, 0.29) is 0 Å². The molecule has 3 nitrogen and oxygen atoms in total. The number of aryl methyl sites for hydroxylation is 1. The molecule has 1 heterocycles. The van der Waals surface area contributed by atoms with Crippen LogP contribution in [0.5, 0.6) is 5.75 Å². The number of para-hydroxylation sites is 2. The van der Waals surface area contributed by atoms with Gasteiger partial charge in [-0.2, -0.15) is 0 Å². The van der Waals surface area contributed by atoms with Gasteiger partial charge in [0.05, 0.1) is 7.11 Å². The molecule has 0 amide bonds. The Bertz CT molecular complexity index is 531. The molecule has 0 aromatic heterocycles. The van der Waals surface area contributed by atoms with Crippen LogP contribution in [0, 0.1) is 0 Å². The van der Waals surface area contributed by atoms with E-state index in [2.05, 4.69) is 46.9 Å². The SMILES string of the molecule is COc1ccc(CCB2Nc3ccccc3N2)cc1. The Morgan fingerprint density at radius 1 is 0.947 bits per heavy atom. The van der Waals surface area contributed by atoms with Gasteiger partial charge >= 0.3 is 6.98 Å². The molecule has 2 aromatic carbocycles. The predicted octanol–water partition coefficient (Wildman–Crippen LogP) is 3.26. The van der Waals surface area contributed by atoms with Crippen LogP contribution >= 0.6 is 0 Å². The van der Waals surface area contributed by atoms with Crippen LogP contribution in [0.15, 0.2) is 48.5 Å². The lowest BCUT2D eigenvalue weighted by Crippen LogP contribution is -2.28. The first-order chi connectivity index (χ1) is 9.35. The predicted molar refractivity (Wildman–Crippen MR) is 80.9 cm³/mol. The molecule has 0 saturated carbocycles. The van der Waals surface area contributed by atoms with Crippen molar-refractivity contribution < 1.29 is 4.74 Å². The average Bonchev–Trinajstić information content (AvgIpc) is 2.88. The van der Waals surface area contributed by atoms with Crippen molar-refractivity contribution in [3.05, 3.63) is 54.1 Å². The zero-order valence-corrected chi connectivity index (χ0v) is 11.0. The summed E-state index contributed by atoms with van der Waals surface area (Å²) >= 11 is 0. The molecule has 0 saturated heterocycles. The third-order valence-electron chi connectivity index (χ3n) is 3.47. The van der Waals surface area contributed by atoms with Gasteiger partial charge in [0.2, 0.25) is 0 Å². The number of anilines is 2. The first kappa shape index (κ1) is 12.0. The van der Waals surface area contributed by atoms with E-state index in [1.54, 1.807) is 7.11 Å². The molecule has 3 rings (SSSR count). The zero-order valence-electron chi connectivity index (χ0n) is 11.0. The minimum Gasteiger partial charge on any atom is -0.497 e. The van der Waals surface area contributed by atoms with Crippen molar-refractivity contribution in [3.63, 3.8) is 0 Å². The molecule has 0 aliphatic carbocycles. The van der Waals surface area contributed by atoms with Crippen molar-refractivity contribution in [2.75, 3.05) is 17.6 Å². The minimum absolute atomic E-state index is 0.319. The van der Waals surface area contributed by atoms with Crippen LogP contribution < -0.4 is 15.2 Å². The van der Waals surface area contributed by atoms with E-state index in [1.807, 2.05) is 12.1 Å². The van der Waals surface area contributed by atoms with Gasteiger partial charge in [-0.15, -0.1) is 0 Å². The number of ether oxygens (including phenoxy) is 1. The van der Waals surface area contributed by atoms with E-state index in [0.29, 0.717) is 6.98 Å². The Labute approximate surface area is 114 Å². The third kappa shape index (κ3) is 2.68. The van der Waals surface area contributed by atoms with Crippen LogP contribution in [0.1, 0.15) is 5.56 Å². The summed E-state index contributed by atoms with van der Waals surface area (Å²) in [5.74, 6) is 0.910. The van der Waals surface area contributed by atoms with Crippen molar-refractivity contribution >= 4 is 18.4 Å². The Morgan fingerprint density at radius 2 is 1.58 bits per heavy atom. The summed E-state index contributed by atoms with van der Waals surface area (Å²) in [6.07, 6.45) is 2.10. The van der Waals surface area contributed by atoms with E-state index >= 15 is 0 Å². The molecule has 0 radical (unpaired) electrons. The Balaban J connectivity index is 1.56. The van der Waals surface area contributed by atoms with Crippen LogP contribution in [0.25, 0.3) is 0 Å². The van der Waals surface area contributed by atoms with Crippen LogP contribution in [0.2, 0.25) is 6.32 Å². The lowest BCUT2D eigenvalue weighted by Gasteiger charge is -2.07. The maximum absolute atomic E-state index is 5.16. The molecule has 2 aromatic rings. The molecule has 0 spiro atoms. The molecule has 0 fully saturated rings. The van der Waals surface area contributed by atoms with Crippen molar-refractivity contribution in [1.82, 2.24) is 0 Å². The fourth-order valence-electron chi connectivity index (χ4n) is 2.39. The highest BCUT2D eigenvalue weighted by atomic mass is 16.5. The average molecular weight is 252 g/mol. The van der Waals surface area contributed by atoms with E-state index in [4.69, 9.17) is 4.74 Å². The maximum atomic E-state index is 5.16. The molecule has 1 aliphatic heterocycles. The Morgan fingerprint density at radius 3 is 2.16 bits per heavy atom. The second-order valence-corrected chi connectivity index (χ2v) is 4.77. The lowest BCUT2D eigenvalue weighted by atomic mass is 9.72. The van der Waals surface area contributed by atoms with Gasteiger partial charge in [-0.25, -0.2) is 0 Å². The molecule has 0 atom stereocenters. The van der Waals surface area contributed by atoms with Gasteiger partial charge in [-0.1, -0.05) is 24.3 Å². The second kappa shape index (κ2) is 5.27. The summed E-state index contributed by atoms with van der Waals surface area (Å²) in [4.78, 5) is 0. The molecule has 1 aliphatic rings. The van der Waals surface area contributed by atoms with Crippen molar-refractivity contribution in [1.29, 1.82) is 0 Å². The van der Waals surface area contributed by atoms with Crippen molar-refractivity contribution in [2.24, 2.45) is 0 Å². The molecule has 2 N–H and O–H groups in total. The van der Waals surface area contributed by atoms with Crippen LogP contribution in [-0.2, 0) is 6.42 Å². The number of fused-ring (bicyclic) bond motifs is 1. The largest absolute Gasteiger partial charge is 0.497 e. The number of rotatable bonds is 4. The smallest absolute Gasteiger partial charge is 0.370 e. The van der Waals surface area contributed by atoms with Gasteiger partial charge in [0, 0.05) is 11.4 Å². The van der Waals surface area contributed by atoms with Crippen molar-refractivity contribution in [2.45, 2.75) is 12.7 Å². The van der Waals surface area contributed by atoms with Gasteiger partial charge in [-0.3, -0.25) is 0 Å². The van der Waals surface area contributed by atoms with E-state index in [0.717, 1.165) is 18.5 Å². The Hall–Kier alpha value is -2.10. The summed E-state index contributed by atoms with van der Waals surface area (Å²) in [6, 6.07) is 16.6. The van der Waals surface area contributed by atoms with E-state index in [9.17, 15) is 0 Å². The molecular weight excluding hydrogens is 235 g/mol. The molecule has 0 unspecified atom stereocenters. The number of benzene rings is 2. The normalized spacial score (nSPS) is 12.6. The number of nitrogens with one attached hydrogen (secondary N) is 2. The van der Waals surface area contributed by atoms with Gasteiger partial charge < -0.3 is 15.2 Å². The topological polar surface area (TPSA) is 33.3 Å². The monoisotopic (exact) mass is 252 g/mol. The first-order valence-corrected chi connectivity index (χ1v) is 6.60. The van der Waals surface area contributed by atoms with Crippen LogP contribution in [0.3, 0.4) is 0 Å². The quantitative estimate of drug-likeness (QED) is 0.819. The number of hydrogen-bond donors (Lipinski definition) is 2. The number of hydrogen-bond acceptors (Lipinski definition) is 3. The first-order valence-electron chi connectivity index (χ1n) is 6.60. The molecular formula is C15H17BN2O. The van der Waals surface area contributed by atoms with E-state index < -0.39 is 0 Å². The lowest BCUT2D eigenvalue weighted by molar-refractivity contribution is 0.414. The minimum atomic E-state index is 0.319. The summed E-state index contributed by atoms with van der Waals surface area (Å²) in [6.45, 7) is 0.319. The highest BCUT2D eigenvalue weighted by molar-refractivity contribution is 6.68.